The van der Waals surface area contributed by atoms with E-state index in [0.717, 1.165) is 18.7 Å². The van der Waals surface area contributed by atoms with Crippen LogP contribution in [0, 0.1) is 5.82 Å². The SMILES string of the molecule is CCO[C@H](C(=O)Nc1nnc(NC2(c3cccnn3)CCNC2)s1)c1ccc(F)cc1. The van der Waals surface area contributed by atoms with Crippen molar-refractivity contribution in [3.05, 3.63) is 59.7 Å². The molecule has 31 heavy (non-hydrogen) atoms. The molecule has 0 aliphatic carbocycles. The first-order valence-corrected chi connectivity index (χ1v) is 10.7. The summed E-state index contributed by atoms with van der Waals surface area (Å²) >= 11 is 1.22. The van der Waals surface area contributed by atoms with E-state index in [2.05, 4.69) is 36.3 Å². The maximum absolute atomic E-state index is 13.2. The van der Waals surface area contributed by atoms with Gasteiger partial charge in [0.15, 0.2) is 6.10 Å². The average Bonchev–Trinajstić information content (AvgIpc) is 3.44. The lowest BCUT2D eigenvalue weighted by atomic mass is 9.94. The van der Waals surface area contributed by atoms with E-state index in [1.807, 2.05) is 12.1 Å². The standard InChI is InChI=1S/C20H22FN7O2S/c1-2-30-16(13-5-7-14(21)8-6-13)17(29)24-18-27-28-19(31-18)25-20(9-11-22-12-20)15-4-3-10-23-26-15/h3-8,10,16,22H,2,9,11-12H2,1H3,(H,25,28)(H,24,27,29)/t16-,20?/m0/s1. The summed E-state index contributed by atoms with van der Waals surface area (Å²) in [6, 6.07) is 9.41. The molecule has 1 saturated heterocycles. The molecule has 2 aromatic heterocycles. The highest BCUT2D eigenvalue weighted by atomic mass is 32.1. The molecule has 162 valence electrons. The lowest BCUT2D eigenvalue weighted by Gasteiger charge is -2.27. The third-order valence-corrected chi connectivity index (χ3v) is 5.72. The molecule has 3 aromatic rings. The van der Waals surface area contributed by atoms with Crippen LogP contribution in [0.3, 0.4) is 0 Å². The van der Waals surface area contributed by atoms with Gasteiger partial charge in [0.05, 0.1) is 11.2 Å². The van der Waals surface area contributed by atoms with Crippen molar-refractivity contribution in [1.29, 1.82) is 0 Å². The van der Waals surface area contributed by atoms with Crippen molar-refractivity contribution in [3.8, 4) is 0 Å². The summed E-state index contributed by atoms with van der Waals surface area (Å²) in [7, 11) is 0. The maximum atomic E-state index is 13.2. The summed E-state index contributed by atoms with van der Waals surface area (Å²) in [4.78, 5) is 12.8. The van der Waals surface area contributed by atoms with Crippen LogP contribution in [0.25, 0.3) is 0 Å². The second-order valence-corrected chi connectivity index (χ2v) is 8.01. The molecule has 1 amide bonds. The Bertz CT molecular complexity index is 1010. The van der Waals surface area contributed by atoms with E-state index in [1.54, 1.807) is 13.1 Å². The topological polar surface area (TPSA) is 114 Å². The van der Waals surface area contributed by atoms with Crippen LogP contribution in [-0.2, 0) is 15.1 Å². The maximum Gasteiger partial charge on any atom is 0.259 e. The van der Waals surface area contributed by atoms with E-state index in [1.165, 1.54) is 35.6 Å². The van der Waals surface area contributed by atoms with Crippen LogP contribution in [0.1, 0.15) is 30.7 Å². The van der Waals surface area contributed by atoms with Crippen LogP contribution in [0.5, 0.6) is 0 Å². The van der Waals surface area contributed by atoms with Gasteiger partial charge in [0.2, 0.25) is 10.3 Å². The smallest absolute Gasteiger partial charge is 0.259 e. The van der Waals surface area contributed by atoms with E-state index >= 15 is 0 Å². The summed E-state index contributed by atoms with van der Waals surface area (Å²) < 4.78 is 18.8. The van der Waals surface area contributed by atoms with Crippen LogP contribution < -0.4 is 16.0 Å². The number of hydrogen-bond acceptors (Lipinski definition) is 9. The number of anilines is 2. The molecule has 1 aliphatic heterocycles. The normalized spacial score (nSPS) is 19.2. The zero-order chi connectivity index (χ0) is 21.7. The number of carbonyl (C=O) groups is 1. The highest BCUT2D eigenvalue weighted by Gasteiger charge is 2.38. The number of nitrogens with one attached hydrogen (secondary N) is 3. The van der Waals surface area contributed by atoms with E-state index in [4.69, 9.17) is 4.74 Å². The lowest BCUT2D eigenvalue weighted by molar-refractivity contribution is -0.127. The van der Waals surface area contributed by atoms with Crippen LogP contribution in [-0.4, -0.2) is 46.0 Å². The number of hydrogen-bond donors (Lipinski definition) is 3. The van der Waals surface area contributed by atoms with Gasteiger partial charge in [-0.15, -0.1) is 10.2 Å². The van der Waals surface area contributed by atoms with Gasteiger partial charge in [-0.05, 0) is 49.7 Å². The molecule has 0 saturated carbocycles. The highest BCUT2D eigenvalue weighted by Crippen LogP contribution is 2.33. The zero-order valence-corrected chi connectivity index (χ0v) is 17.7. The van der Waals surface area contributed by atoms with Gasteiger partial charge in [0.25, 0.3) is 5.91 Å². The van der Waals surface area contributed by atoms with Gasteiger partial charge in [0.1, 0.15) is 5.82 Å². The van der Waals surface area contributed by atoms with Crippen molar-refractivity contribution in [1.82, 2.24) is 25.7 Å². The van der Waals surface area contributed by atoms with Crippen molar-refractivity contribution >= 4 is 27.5 Å². The number of ether oxygens (including phenoxy) is 1. The number of nitrogens with zero attached hydrogens (tertiary/aromatic N) is 4. The van der Waals surface area contributed by atoms with E-state index in [0.29, 0.717) is 29.0 Å². The second-order valence-electron chi connectivity index (χ2n) is 7.03. The number of amides is 1. The fourth-order valence-corrected chi connectivity index (χ4v) is 4.21. The number of halogens is 1. The van der Waals surface area contributed by atoms with E-state index < -0.39 is 17.6 Å². The molecule has 1 fully saturated rings. The van der Waals surface area contributed by atoms with Gasteiger partial charge in [-0.2, -0.15) is 10.2 Å². The fourth-order valence-electron chi connectivity index (χ4n) is 3.47. The van der Waals surface area contributed by atoms with Crippen LogP contribution in [0.4, 0.5) is 14.7 Å². The Hall–Kier alpha value is -3.02. The summed E-state index contributed by atoms with van der Waals surface area (Å²) in [6.45, 7) is 3.62. The van der Waals surface area contributed by atoms with Gasteiger partial charge in [0, 0.05) is 19.3 Å². The third-order valence-electron chi connectivity index (χ3n) is 4.96. The Morgan fingerprint density at radius 3 is 2.74 bits per heavy atom. The predicted octanol–water partition coefficient (Wildman–Crippen LogP) is 2.48. The molecule has 9 nitrogen and oxygen atoms in total. The molecule has 3 N–H and O–H groups in total. The molecule has 11 heteroatoms. The Kier molecular flexibility index (Phi) is 6.44. The van der Waals surface area contributed by atoms with Crippen molar-refractivity contribution in [2.45, 2.75) is 25.0 Å². The minimum atomic E-state index is -0.879. The minimum Gasteiger partial charge on any atom is -0.364 e. The van der Waals surface area contributed by atoms with Crippen molar-refractivity contribution in [3.63, 3.8) is 0 Å². The Morgan fingerprint density at radius 1 is 1.26 bits per heavy atom. The lowest BCUT2D eigenvalue weighted by Crippen LogP contribution is -2.38. The third kappa shape index (κ3) is 4.84. The van der Waals surface area contributed by atoms with Gasteiger partial charge in [-0.25, -0.2) is 4.39 Å². The Labute approximate surface area is 182 Å². The summed E-state index contributed by atoms with van der Waals surface area (Å²) in [5, 5.41) is 26.9. The predicted molar refractivity (Wildman–Crippen MR) is 114 cm³/mol. The van der Waals surface area contributed by atoms with Gasteiger partial charge in [-0.1, -0.05) is 23.5 Å². The van der Waals surface area contributed by atoms with Gasteiger partial charge in [-0.3, -0.25) is 10.1 Å². The minimum absolute atomic E-state index is 0.325. The molecular weight excluding hydrogens is 421 g/mol. The number of benzene rings is 1. The molecule has 0 radical (unpaired) electrons. The zero-order valence-electron chi connectivity index (χ0n) is 16.8. The summed E-state index contributed by atoms with van der Waals surface area (Å²) in [5.74, 6) is -0.778. The summed E-state index contributed by atoms with van der Waals surface area (Å²) in [6.07, 6.45) is 1.56. The Morgan fingerprint density at radius 2 is 2.06 bits per heavy atom. The average molecular weight is 444 g/mol. The Balaban J connectivity index is 1.48. The largest absolute Gasteiger partial charge is 0.364 e. The molecule has 1 aliphatic rings. The fraction of sp³-hybridized carbons (Fsp3) is 0.350. The molecule has 3 heterocycles. The number of carbonyl (C=O) groups excluding carboxylic acids is 1. The summed E-state index contributed by atoms with van der Waals surface area (Å²) in [5.41, 5.74) is 0.924. The van der Waals surface area contributed by atoms with Crippen LogP contribution >= 0.6 is 11.3 Å². The van der Waals surface area contributed by atoms with Crippen molar-refractivity contribution in [2.24, 2.45) is 0 Å². The number of aromatic nitrogens is 4. The molecule has 0 spiro atoms. The first-order chi connectivity index (χ1) is 15.1. The molecule has 4 rings (SSSR count). The van der Waals surface area contributed by atoms with Crippen molar-refractivity contribution in [2.75, 3.05) is 30.3 Å². The highest BCUT2D eigenvalue weighted by molar-refractivity contribution is 7.19. The quantitative estimate of drug-likeness (QED) is 0.487. The number of rotatable bonds is 8. The molecule has 1 aromatic carbocycles. The van der Waals surface area contributed by atoms with Crippen molar-refractivity contribution < 1.29 is 13.9 Å². The van der Waals surface area contributed by atoms with Gasteiger partial charge < -0.3 is 15.4 Å². The van der Waals surface area contributed by atoms with E-state index in [-0.39, 0.29) is 5.82 Å². The van der Waals surface area contributed by atoms with E-state index in [9.17, 15) is 9.18 Å². The second kappa shape index (κ2) is 9.41. The van der Waals surface area contributed by atoms with Crippen LogP contribution in [0.2, 0.25) is 0 Å². The first-order valence-electron chi connectivity index (χ1n) is 9.88. The molecule has 0 bridgehead atoms. The van der Waals surface area contributed by atoms with Crippen LogP contribution in [0.15, 0.2) is 42.6 Å². The molecule has 2 atom stereocenters. The monoisotopic (exact) mass is 443 g/mol. The molecular formula is C20H22FN7O2S. The first kappa shape index (κ1) is 21.2. The molecule has 1 unspecified atom stereocenters. The van der Waals surface area contributed by atoms with Gasteiger partial charge >= 0.3 is 0 Å².